The van der Waals surface area contributed by atoms with Gasteiger partial charge in [-0.05, 0) is 56.9 Å². The number of nitrogens with zero attached hydrogens (tertiary/aromatic N) is 4. The van der Waals surface area contributed by atoms with Gasteiger partial charge in [0, 0.05) is 17.7 Å². The molecule has 5 nitrogen and oxygen atoms in total. The molecule has 0 aliphatic carbocycles. The van der Waals surface area contributed by atoms with Crippen LogP contribution in [-0.4, -0.2) is 25.1 Å². The molecule has 0 fully saturated rings. The number of aromatic nitrogens is 4. The van der Waals surface area contributed by atoms with E-state index >= 15 is 0 Å². The van der Waals surface area contributed by atoms with E-state index in [1.165, 1.54) is 0 Å². The third-order valence-corrected chi connectivity index (χ3v) is 5.00. The lowest BCUT2D eigenvalue weighted by Crippen LogP contribution is -2.27. The molecule has 146 valence electrons. The summed E-state index contributed by atoms with van der Waals surface area (Å²) in [5.74, 6) is 7.00. The first-order chi connectivity index (χ1) is 13.9. The van der Waals surface area contributed by atoms with E-state index < -0.39 is 6.67 Å². The van der Waals surface area contributed by atoms with Crippen LogP contribution in [0, 0.1) is 11.8 Å². The quantitative estimate of drug-likeness (QED) is 0.491. The van der Waals surface area contributed by atoms with Crippen molar-refractivity contribution in [3.63, 3.8) is 0 Å². The van der Waals surface area contributed by atoms with Crippen molar-refractivity contribution in [3.05, 3.63) is 64.9 Å². The van der Waals surface area contributed by atoms with Crippen LogP contribution in [0.1, 0.15) is 37.0 Å². The van der Waals surface area contributed by atoms with Crippen LogP contribution in [0.2, 0.25) is 0 Å². The molecule has 0 unspecified atom stereocenters. The summed E-state index contributed by atoms with van der Waals surface area (Å²) in [5, 5.41) is 7.84. The summed E-state index contributed by atoms with van der Waals surface area (Å²) in [6, 6.07) is 13.0. The Morgan fingerprint density at radius 3 is 2.76 bits per heavy atom. The van der Waals surface area contributed by atoms with Gasteiger partial charge in [-0.15, -0.1) is 11.3 Å². The van der Waals surface area contributed by atoms with E-state index in [-0.39, 0.29) is 5.54 Å². The number of hydrogen-bond donors (Lipinski definition) is 1. The second-order valence-electron chi connectivity index (χ2n) is 7.56. The van der Waals surface area contributed by atoms with E-state index in [1.54, 1.807) is 40.2 Å². The highest BCUT2D eigenvalue weighted by molar-refractivity contribution is 7.16. The predicted octanol–water partition coefficient (Wildman–Crippen LogP) is 4.93. The first kappa shape index (κ1) is 19.1. The minimum absolute atomic E-state index is 0.106. The average Bonchev–Trinajstić information content (AvgIpc) is 3.34. The number of thiophene rings is 1. The molecular formula is C22H20FN5S. The number of fused-ring (bicyclic) bond motifs is 1. The van der Waals surface area contributed by atoms with Crippen LogP contribution >= 0.6 is 11.3 Å². The highest BCUT2D eigenvalue weighted by atomic mass is 32.1. The molecule has 4 rings (SSSR count). The molecule has 0 bridgehead atoms. The lowest BCUT2D eigenvalue weighted by Gasteiger charge is -2.22. The largest absolute Gasteiger partial charge is 0.365 e. The van der Waals surface area contributed by atoms with Gasteiger partial charge < -0.3 is 5.32 Å². The smallest absolute Gasteiger partial charge is 0.158 e. The average molecular weight is 406 g/mol. The normalized spacial score (nSPS) is 11.3. The van der Waals surface area contributed by atoms with Crippen LogP contribution in [-0.2, 0) is 6.67 Å². The monoisotopic (exact) mass is 405 g/mol. The third kappa shape index (κ3) is 4.44. The van der Waals surface area contributed by atoms with Gasteiger partial charge in [0.1, 0.15) is 18.2 Å². The minimum atomic E-state index is -0.591. The maximum atomic E-state index is 12.8. The summed E-state index contributed by atoms with van der Waals surface area (Å²) in [6.45, 7) is 5.72. The SMILES string of the molecule is CC(C)(C)Nc1cc(-c2ccc(C#Cc3cccc(CF)n3)s2)nc2ccnn12. The van der Waals surface area contributed by atoms with Crippen molar-refractivity contribution in [2.24, 2.45) is 0 Å². The predicted molar refractivity (Wildman–Crippen MR) is 115 cm³/mol. The standard InChI is InChI=1S/C22H20FN5S/c1-22(2,3)27-21-13-18(26-20-11-12-24-28(20)21)19-10-9-17(29-19)8-7-15-5-4-6-16(14-23)25-15/h4-6,9-13,27H,14H2,1-3H3. The van der Waals surface area contributed by atoms with E-state index in [2.05, 4.69) is 48.0 Å². The maximum Gasteiger partial charge on any atom is 0.158 e. The van der Waals surface area contributed by atoms with Gasteiger partial charge in [-0.3, -0.25) is 0 Å². The number of halogens is 1. The van der Waals surface area contributed by atoms with Gasteiger partial charge in [-0.25, -0.2) is 14.4 Å². The Morgan fingerprint density at radius 1 is 1.10 bits per heavy atom. The van der Waals surface area contributed by atoms with Crippen LogP contribution in [0.3, 0.4) is 0 Å². The third-order valence-electron chi connectivity index (χ3n) is 3.98. The first-order valence-corrected chi connectivity index (χ1v) is 10.00. The Hall–Kier alpha value is -3.24. The van der Waals surface area contributed by atoms with Gasteiger partial charge >= 0.3 is 0 Å². The zero-order valence-electron chi connectivity index (χ0n) is 16.4. The number of hydrogen-bond acceptors (Lipinski definition) is 5. The van der Waals surface area contributed by atoms with E-state index in [9.17, 15) is 4.39 Å². The molecule has 0 amide bonds. The molecule has 4 aromatic heterocycles. The van der Waals surface area contributed by atoms with E-state index in [4.69, 9.17) is 4.98 Å². The number of pyridine rings is 1. The molecule has 0 radical (unpaired) electrons. The number of anilines is 1. The van der Waals surface area contributed by atoms with Gasteiger partial charge in [0.2, 0.25) is 0 Å². The first-order valence-electron chi connectivity index (χ1n) is 9.18. The van der Waals surface area contributed by atoms with Crippen molar-refractivity contribution in [1.82, 2.24) is 19.6 Å². The Bertz CT molecular complexity index is 1220. The van der Waals surface area contributed by atoms with Gasteiger partial charge in [0.25, 0.3) is 0 Å². The van der Waals surface area contributed by atoms with E-state index in [0.717, 1.165) is 26.9 Å². The molecule has 0 spiro atoms. The van der Waals surface area contributed by atoms with Crippen LogP contribution in [0.15, 0.2) is 48.7 Å². The van der Waals surface area contributed by atoms with Crippen LogP contribution in [0.4, 0.5) is 10.2 Å². The summed E-state index contributed by atoms with van der Waals surface area (Å²) in [5.41, 5.74) is 2.49. The van der Waals surface area contributed by atoms with Crippen molar-refractivity contribution in [2.75, 3.05) is 5.32 Å². The zero-order valence-corrected chi connectivity index (χ0v) is 17.2. The molecule has 0 aromatic carbocycles. The van der Waals surface area contributed by atoms with E-state index in [1.807, 2.05) is 24.3 Å². The highest BCUT2D eigenvalue weighted by Gasteiger charge is 2.15. The fourth-order valence-corrected chi connectivity index (χ4v) is 3.62. The van der Waals surface area contributed by atoms with Crippen LogP contribution in [0.5, 0.6) is 0 Å². The van der Waals surface area contributed by atoms with E-state index in [0.29, 0.717) is 11.4 Å². The molecule has 1 N–H and O–H groups in total. The molecule has 0 saturated heterocycles. The fourth-order valence-electron chi connectivity index (χ4n) is 2.80. The van der Waals surface area contributed by atoms with Gasteiger partial charge in [0.15, 0.2) is 5.65 Å². The molecule has 0 atom stereocenters. The van der Waals surface area contributed by atoms with Crippen molar-refractivity contribution >= 4 is 22.8 Å². The second-order valence-corrected chi connectivity index (χ2v) is 8.65. The van der Waals surface area contributed by atoms with Crippen molar-refractivity contribution < 1.29 is 4.39 Å². The van der Waals surface area contributed by atoms with Crippen molar-refractivity contribution in [2.45, 2.75) is 33.0 Å². The molecule has 7 heteroatoms. The summed E-state index contributed by atoms with van der Waals surface area (Å²) in [6.07, 6.45) is 1.74. The molecule has 29 heavy (non-hydrogen) atoms. The molecule has 0 aliphatic heterocycles. The van der Waals surface area contributed by atoms with Crippen molar-refractivity contribution in [3.8, 4) is 22.4 Å². The topological polar surface area (TPSA) is 55.1 Å². The number of alkyl halides is 1. The second kappa shape index (κ2) is 7.64. The fraction of sp³-hybridized carbons (Fsp3) is 0.227. The number of nitrogens with one attached hydrogen (secondary N) is 1. The minimum Gasteiger partial charge on any atom is -0.365 e. The van der Waals surface area contributed by atoms with Gasteiger partial charge in [0.05, 0.1) is 27.3 Å². The summed E-state index contributed by atoms with van der Waals surface area (Å²) >= 11 is 1.56. The molecule has 0 aliphatic rings. The highest BCUT2D eigenvalue weighted by Crippen LogP contribution is 2.29. The number of rotatable bonds is 3. The lowest BCUT2D eigenvalue weighted by atomic mass is 10.1. The summed E-state index contributed by atoms with van der Waals surface area (Å²) < 4.78 is 14.6. The molecule has 4 aromatic rings. The Morgan fingerprint density at radius 2 is 1.97 bits per heavy atom. The van der Waals surface area contributed by atoms with Crippen LogP contribution < -0.4 is 5.32 Å². The van der Waals surface area contributed by atoms with Crippen molar-refractivity contribution in [1.29, 1.82) is 0 Å². The van der Waals surface area contributed by atoms with Crippen LogP contribution in [0.25, 0.3) is 16.2 Å². The molecule has 0 saturated carbocycles. The summed E-state index contributed by atoms with van der Waals surface area (Å²) in [7, 11) is 0. The lowest BCUT2D eigenvalue weighted by molar-refractivity contribution is 0.476. The molecular weight excluding hydrogens is 385 g/mol. The Kier molecular flexibility index (Phi) is 5.03. The molecule has 4 heterocycles. The Labute approximate surface area is 172 Å². The van der Waals surface area contributed by atoms with Gasteiger partial charge in [-0.1, -0.05) is 6.07 Å². The Balaban J connectivity index is 1.66. The summed E-state index contributed by atoms with van der Waals surface area (Å²) in [4.78, 5) is 10.8. The van der Waals surface area contributed by atoms with Gasteiger partial charge in [-0.2, -0.15) is 9.61 Å². The zero-order chi connectivity index (χ0) is 20.4. The maximum absolute atomic E-state index is 12.8.